The molecule has 0 aromatic carbocycles. The van der Waals surface area contributed by atoms with Gasteiger partial charge in [0.05, 0.1) is 0 Å². The van der Waals surface area contributed by atoms with Gasteiger partial charge in [0.2, 0.25) is 0 Å². The summed E-state index contributed by atoms with van der Waals surface area (Å²) in [6, 6.07) is 0. The highest BCUT2D eigenvalue weighted by Crippen LogP contribution is 1.77. The van der Waals surface area contributed by atoms with E-state index >= 15 is 0 Å². The fourth-order valence-corrected chi connectivity index (χ4v) is 0.259. The maximum atomic E-state index is 9.94. The molecule has 0 unspecified atom stereocenters. The van der Waals surface area contributed by atoms with E-state index in [4.69, 9.17) is 0 Å². The van der Waals surface area contributed by atoms with Crippen molar-refractivity contribution in [3.05, 3.63) is 12.3 Å². The number of hydrogen-bond acceptors (Lipinski definition) is 2. The predicted octanol–water partition coefficient (Wildman–Crippen LogP) is 0.818. The van der Waals surface area contributed by atoms with Crippen LogP contribution in [0.15, 0.2) is 22.3 Å². The summed E-state index contributed by atoms with van der Waals surface area (Å²) in [5.74, 6) is 0.105. The first-order valence-electron chi connectivity index (χ1n) is 2.46. The zero-order valence-electron chi connectivity index (χ0n) is 5.24. The van der Waals surface area contributed by atoms with Crippen LogP contribution in [0.5, 0.6) is 0 Å². The molecule has 0 aromatic rings. The second-order valence-electron chi connectivity index (χ2n) is 1.25. The molecule has 0 aliphatic carbocycles. The molecule has 0 saturated heterocycles. The predicted molar refractivity (Wildman–Crippen MR) is 37.9 cm³/mol. The highest BCUT2D eigenvalue weighted by atomic mass is 16.1. The molecule has 9 heavy (non-hydrogen) atoms. The smallest absolute Gasteiger partial charge is 0.191 e. The highest BCUT2D eigenvalue weighted by Gasteiger charge is 1.83. The molecule has 3 heteroatoms. The van der Waals surface area contributed by atoms with Crippen LogP contribution in [0.3, 0.4) is 0 Å². The van der Waals surface area contributed by atoms with Gasteiger partial charge in [-0.05, 0) is 13.6 Å². The molecule has 48 valence electrons. The molecule has 0 atom stereocenters. The van der Waals surface area contributed by atoms with Gasteiger partial charge in [-0.3, -0.25) is 4.79 Å². The average Bonchev–Trinajstić information content (AvgIpc) is 1.91. The third-order valence-corrected chi connectivity index (χ3v) is 0.623. The van der Waals surface area contributed by atoms with Gasteiger partial charge >= 0.3 is 0 Å². The van der Waals surface area contributed by atoms with E-state index in [9.17, 15) is 4.79 Å². The molecule has 0 saturated carbocycles. The van der Waals surface area contributed by atoms with Gasteiger partial charge in [-0.1, -0.05) is 6.08 Å². The van der Waals surface area contributed by atoms with Crippen LogP contribution in [0.2, 0.25) is 0 Å². The summed E-state index contributed by atoms with van der Waals surface area (Å²) in [6.07, 6.45) is 3.74. The number of allylic oxidation sites excluding steroid dienone is 1. The van der Waals surface area contributed by atoms with Gasteiger partial charge in [0.1, 0.15) is 0 Å². The second kappa shape index (κ2) is 4.90. The van der Waals surface area contributed by atoms with E-state index < -0.39 is 0 Å². The van der Waals surface area contributed by atoms with Crippen molar-refractivity contribution in [3.8, 4) is 0 Å². The summed E-state index contributed by atoms with van der Waals surface area (Å²) in [5, 5.41) is 0. The number of carbonyl (C=O) groups excluding carboxylic acids is 1. The van der Waals surface area contributed by atoms with E-state index in [2.05, 4.69) is 16.7 Å². The Morgan fingerprint density at radius 2 is 2.33 bits per heavy atom. The zero-order chi connectivity index (χ0) is 7.11. The Morgan fingerprint density at radius 3 is 2.67 bits per heavy atom. The standard InChI is InChI=1S/C6H8N2O/c1-3-4-8-6(5-9)7-2/h3-5H,2H2,1H3/b4-3-,8-6-. The molecular formula is C6H8N2O. The zero-order valence-corrected chi connectivity index (χ0v) is 5.24. The van der Waals surface area contributed by atoms with Crippen molar-refractivity contribution >= 4 is 18.8 Å². The molecular weight excluding hydrogens is 116 g/mol. The van der Waals surface area contributed by atoms with E-state index in [1.165, 1.54) is 6.20 Å². The lowest BCUT2D eigenvalue weighted by Crippen LogP contribution is -1.91. The van der Waals surface area contributed by atoms with Gasteiger partial charge in [0, 0.05) is 6.20 Å². The van der Waals surface area contributed by atoms with E-state index in [1.54, 1.807) is 13.0 Å². The fourth-order valence-electron chi connectivity index (χ4n) is 0.259. The number of nitrogens with zero attached hydrogens (tertiary/aromatic N) is 2. The van der Waals surface area contributed by atoms with Gasteiger partial charge < -0.3 is 0 Å². The topological polar surface area (TPSA) is 41.8 Å². The van der Waals surface area contributed by atoms with E-state index in [0.717, 1.165) is 0 Å². The Bertz CT molecular complexity index is 148. The van der Waals surface area contributed by atoms with Crippen molar-refractivity contribution in [2.24, 2.45) is 9.98 Å². The van der Waals surface area contributed by atoms with E-state index in [1.807, 2.05) is 0 Å². The Morgan fingerprint density at radius 1 is 1.67 bits per heavy atom. The second-order valence-corrected chi connectivity index (χ2v) is 1.25. The molecule has 0 aliphatic heterocycles. The van der Waals surface area contributed by atoms with Gasteiger partial charge in [-0.25, -0.2) is 9.98 Å². The number of amidine groups is 1. The summed E-state index contributed by atoms with van der Waals surface area (Å²) in [5.41, 5.74) is 0. The SMILES string of the molecule is C=N/C(C=O)=N\C=C/C. The molecule has 0 spiro atoms. The number of hydrogen-bond donors (Lipinski definition) is 0. The third-order valence-electron chi connectivity index (χ3n) is 0.623. The molecule has 3 nitrogen and oxygen atoms in total. The van der Waals surface area contributed by atoms with Crippen molar-refractivity contribution in [2.75, 3.05) is 0 Å². The summed E-state index contributed by atoms with van der Waals surface area (Å²) < 4.78 is 0. The lowest BCUT2D eigenvalue weighted by atomic mass is 10.6. The lowest BCUT2D eigenvalue weighted by Gasteiger charge is -1.79. The highest BCUT2D eigenvalue weighted by molar-refractivity contribution is 6.28. The van der Waals surface area contributed by atoms with Crippen LogP contribution < -0.4 is 0 Å². The van der Waals surface area contributed by atoms with Crippen LogP contribution in [0, 0.1) is 0 Å². The summed E-state index contributed by atoms with van der Waals surface area (Å²) >= 11 is 0. The Labute approximate surface area is 53.8 Å². The first-order valence-corrected chi connectivity index (χ1v) is 2.46. The molecule has 0 N–H and O–H groups in total. The summed E-state index contributed by atoms with van der Waals surface area (Å²) in [6.45, 7) is 4.94. The van der Waals surface area contributed by atoms with Crippen LogP contribution in [-0.4, -0.2) is 18.8 Å². The third kappa shape index (κ3) is 3.34. The number of aliphatic imine (C=N–C) groups is 2. The monoisotopic (exact) mass is 124 g/mol. The molecule has 0 radical (unpaired) electrons. The quantitative estimate of drug-likeness (QED) is 0.305. The van der Waals surface area contributed by atoms with Crippen LogP contribution in [-0.2, 0) is 4.79 Å². The van der Waals surface area contributed by atoms with Crippen LogP contribution in [0.25, 0.3) is 0 Å². The number of rotatable bonds is 2. The van der Waals surface area contributed by atoms with Crippen LogP contribution >= 0.6 is 0 Å². The number of aldehydes is 1. The largest absolute Gasteiger partial charge is 0.294 e. The Balaban J connectivity index is 4.06. The minimum Gasteiger partial charge on any atom is -0.294 e. The van der Waals surface area contributed by atoms with Crippen LogP contribution in [0.4, 0.5) is 0 Å². The minimum atomic E-state index is 0.105. The van der Waals surface area contributed by atoms with Crippen molar-refractivity contribution in [3.63, 3.8) is 0 Å². The summed E-state index contributed by atoms with van der Waals surface area (Å²) in [7, 11) is 0. The van der Waals surface area contributed by atoms with Crippen molar-refractivity contribution in [2.45, 2.75) is 6.92 Å². The van der Waals surface area contributed by atoms with Gasteiger partial charge in [-0.15, -0.1) is 0 Å². The number of carbonyl (C=O) groups is 1. The van der Waals surface area contributed by atoms with Gasteiger partial charge in [-0.2, -0.15) is 0 Å². The van der Waals surface area contributed by atoms with E-state index in [0.29, 0.717) is 6.29 Å². The molecule has 0 rings (SSSR count). The molecule has 0 fully saturated rings. The van der Waals surface area contributed by atoms with Gasteiger partial charge in [0.15, 0.2) is 12.1 Å². The maximum Gasteiger partial charge on any atom is 0.191 e. The molecule has 0 amide bonds. The maximum absolute atomic E-state index is 9.94. The first kappa shape index (κ1) is 7.75. The van der Waals surface area contributed by atoms with Crippen molar-refractivity contribution in [1.82, 2.24) is 0 Å². The average molecular weight is 124 g/mol. The summed E-state index contributed by atoms with van der Waals surface area (Å²) in [4.78, 5) is 16.9. The molecule has 0 heterocycles. The molecule has 0 aliphatic rings. The van der Waals surface area contributed by atoms with Crippen molar-refractivity contribution < 1.29 is 4.79 Å². The molecule has 0 bridgehead atoms. The normalized spacial score (nSPS) is 11.9. The van der Waals surface area contributed by atoms with E-state index in [-0.39, 0.29) is 5.84 Å². The fraction of sp³-hybridized carbons (Fsp3) is 0.167. The van der Waals surface area contributed by atoms with Gasteiger partial charge in [0.25, 0.3) is 0 Å². The molecule has 0 aromatic heterocycles. The van der Waals surface area contributed by atoms with Crippen LogP contribution in [0.1, 0.15) is 6.92 Å². The lowest BCUT2D eigenvalue weighted by molar-refractivity contribution is -0.102. The Kier molecular flexibility index (Phi) is 4.22. The minimum absolute atomic E-state index is 0.105. The van der Waals surface area contributed by atoms with Crippen molar-refractivity contribution in [1.29, 1.82) is 0 Å². The Hall–Kier alpha value is -1.25. The first-order chi connectivity index (χ1) is 4.35.